The summed E-state index contributed by atoms with van der Waals surface area (Å²) in [6.07, 6.45) is 2.06. The number of ketones is 1. The number of anilines is 1. The Labute approximate surface area is 223 Å². The molecular formula is C28H27ClN2O7. The largest absolute Gasteiger partial charge is 0.504 e. The van der Waals surface area contributed by atoms with Crippen molar-refractivity contribution in [1.82, 2.24) is 4.90 Å². The second-order valence-electron chi connectivity index (χ2n) is 11.4. The van der Waals surface area contributed by atoms with E-state index in [2.05, 4.69) is 10.2 Å². The zero-order valence-electron chi connectivity index (χ0n) is 20.4. The number of likely N-dealkylation sites (tertiary alicyclic amines) is 1. The van der Waals surface area contributed by atoms with E-state index in [9.17, 15) is 29.7 Å². The van der Waals surface area contributed by atoms with Crippen LogP contribution in [0.5, 0.6) is 11.5 Å². The Morgan fingerprint density at radius 1 is 1.21 bits per heavy atom. The van der Waals surface area contributed by atoms with Gasteiger partial charge in [0.05, 0.1) is 22.3 Å². The average molecular weight is 539 g/mol. The van der Waals surface area contributed by atoms with Crippen LogP contribution in [0.3, 0.4) is 0 Å². The number of amides is 1. The number of rotatable bonds is 5. The van der Waals surface area contributed by atoms with Gasteiger partial charge in [-0.1, -0.05) is 17.7 Å². The highest BCUT2D eigenvalue weighted by Gasteiger charge is 2.75. The number of nitrogens with one attached hydrogen (secondary N) is 1. The van der Waals surface area contributed by atoms with Gasteiger partial charge < -0.3 is 25.4 Å². The van der Waals surface area contributed by atoms with Gasteiger partial charge in [0.25, 0.3) is 0 Å². The van der Waals surface area contributed by atoms with E-state index in [1.807, 2.05) is 6.07 Å². The molecule has 38 heavy (non-hydrogen) atoms. The maximum atomic E-state index is 13.9. The molecule has 1 spiro atoms. The molecule has 3 fully saturated rings. The number of aromatic carboxylic acids is 1. The third-order valence-corrected chi connectivity index (χ3v) is 9.65. The molecule has 10 heteroatoms. The number of aromatic hydroxyl groups is 1. The molecule has 2 heterocycles. The number of benzene rings is 2. The normalized spacial score (nSPS) is 32.9. The van der Waals surface area contributed by atoms with Gasteiger partial charge in [-0.05, 0) is 74.4 Å². The molecule has 1 amide bonds. The van der Waals surface area contributed by atoms with Crippen LogP contribution in [0, 0.1) is 11.8 Å². The second kappa shape index (κ2) is 7.94. The first-order chi connectivity index (χ1) is 18.1. The van der Waals surface area contributed by atoms with Crippen LogP contribution in [0.15, 0.2) is 30.3 Å². The molecule has 1 saturated heterocycles. The highest BCUT2D eigenvalue weighted by Crippen LogP contribution is 2.65. The van der Waals surface area contributed by atoms with Crippen molar-refractivity contribution in [2.45, 2.75) is 55.3 Å². The monoisotopic (exact) mass is 538 g/mol. The lowest BCUT2D eigenvalue weighted by atomic mass is 9.47. The van der Waals surface area contributed by atoms with Crippen molar-refractivity contribution >= 4 is 34.9 Å². The molecule has 0 aromatic heterocycles. The smallest absolute Gasteiger partial charge is 0.337 e. The summed E-state index contributed by atoms with van der Waals surface area (Å²) in [5.41, 5.74) is -1.04. The van der Waals surface area contributed by atoms with Crippen molar-refractivity contribution in [1.29, 1.82) is 0 Å². The Balaban J connectivity index is 1.30. The zero-order chi connectivity index (χ0) is 26.6. The topological polar surface area (TPSA) is 136 Å². The van der Waals surface area contributed by atoms with Gasteiger partial charge in [0.15, 0.2) is 23.4 Å². The molecule has 0 radical (unpaired) electrons. The molecule has 4 N–H and O–H groups in total. The quantitative estimate of drug-likeness (QED) is 0.427. The summed E-state index contributed by atoms with van der Waals surface area (Å²) >= 11 is 5.95. The van der Waals surface area contributed by atoms with Gasteiger partial charge in [-0.15, -0.1) is 0 Å². The Morgan fingerprint density at radius 3 is 2.74 bits per heavy atom. The summed E-state index contributed by atoms with van der Waals surface area (Å²) in [4.78, 5) is 41.6. The van der Waals surface area contributed by atoms with E-state index < -0.39 is 40.7 Å². The first-order valence-electron chi connectivity index (χ1n) is 13.0. The molecule has 5 aliphatic rings. The van der Waals surface area contributed by atoms with Crippen LogP contribution in [0.25, 0.3) is 0 Å². The van der Waals surface area contributed by atoms with Crippen molar-refractivity contribution in [3.05, 3.63) is 52.0 Å². The van der Waals surface area contributed by atoms with Gasteiger partial charge in [0, 0.05) is 23.2 Å². The molecule has 5 atom stereocenters. The number of aliphatic hydroxyl groups is 1. The van der Waals surface area contributed by atoms with E-state index in [1.54, 1.807) is 6.07 Å². The summed E-state index contributed by atoms with van der Waals surface area (Å²) in [5, 5.41) is 35.7. The van der Waals surface area contributed by atoms with Crippen molar-refractivity contribution < 1.29 is 34.4 Å². The predicted octanol–water partition coefficient (Wildman–Crippen LogP) is 2.74. The maximum Gasteiger partial charge on any atom is 0.337 e. The number of carbonyl (C=O) groups excluding carboxylic acids is 2. The van der Waals surface area contributed by atoms with E-state index in [0.29, 0.717) is 30.9 Å². The first-order valence-corrected chi connectivity index (χ1v) is 13.4. The fourth-order valence-electron chi connectivity index (χ4n) is 7.55. The Morgan fingerprint density at radius 2 is 2.00 bits per heavy atom. The first kappa shape index (κ1) is 23.9. The lowest BCUT2D eigenvalue weighted by Crippen LogP contribution is -2.78. The lowest BCUT2D eigenvalue weighted by Gasteiger charge is -2.63. The molecule has 7 rings (SSSR count). The number of halogens is 1. The number of hydrogen-bond acceptors (Lipinski definition) is 7. The van der Waals surface area contributed by atoms with E-state index >= 15 is 0 Å². The predicted molar refractivity (Wildman–Crippen MR) is 136 cm³/mol. The van der Waals surface area contributed by atoms with Crippen molar-refractivity contribution in [2.75, 3.05) is 18.4 Å². The van der Waals surface area contributed by atoms with Crippen LogP contribution in [0.4, 0.5) is 5.69 Å². The van der Waals surface area contributed by atoms with Crippen LogP contribution in [-0.4, -0.2) is 68.7 Å². The van der Waals surface area contributed by atoms with Gasteiger partial charge in [-0.3, -0.25) is 14.5 Å². The highest BCUT2D eigenvalue weighted by molar-refractivity contribution is 6.31. The minimum Gasteiger partial charge on any atom is -0.504 e. The SMILES string of the molecule is O=C(O)c1cc(Cl)ccc1NC(=O)C1C[C@@]2(O)[C@H]3Cc4ccc(O)c5c4[C@@]2(CCN3CC2CC2)[C@@H](O5)C1=O. The van der Waals surface area contributed by atoms with E-state index in [1.165, 1.54) is 18.2 Å². The molecule has 198 valence electrons. The summed E-state index contributed by atoms with van der Waals surface area (Å²) in [6, 6.07) is 7.16. The van der Waals surface area contributed by atoms with Crippen LogP contribution >= 0.6 is 11.6 Å². The van der Waals surface area contributed by atoms with Gasteiger partial charge in [-0.25, -0.2) is 4.79 Å². The second-order valence-corrected chi connectivity index (χ2v) is 11.8. The molecule has 2 aromatic rings. The maximum absolute atomic E-state index is 13.9. The molecular weight excluding hydrogens is 512 g/mol. The number of hydrogen-bond donors (Lipinski definition) is 4. The molecule has 2 aliphatic heterocycles. The van der Waals surface area contributed by atoms with Crippen LogP contribution in [-0.2, 0) is 21.4 Å². The van der Waals surface area contributed by atoms with Gasteiger partial charge in [0.2, 0.25) is 5.91 Å². The fraction of sp³-hybridized carbons (Fsp3) is 0.464. The van der Waals surface area contributed by atoms with Crippen LogP contribution in [0.2, 0.25) is 5.02 Å². The number of carboxylic acids is 1. The van der Waals surface area contributed by atoms with Gasteiger partial charge in [0.1, 0.15) is 5.92 Å². The van der Waals surface area contributed by atoms with Crippen LogP contribution in [0.1, 0.15) is 47.2 Å². The molecule has 2 aromatic carbocycles. The summed E-state index contributed by atoms with van der Waals surface area (Å²) in [6.45, 7) is 1.54. The van der Waals surface area contributed by atoms with E-state index in [4.69, 9.17) is 16.3 Å². The Kier molecular flexibility index (Phi) is 5.00. The standard InChI is InChI=1S/C28H27ClN2O7/c29-15-4-5-18(16(10-15)26(35)36)30-25(34)17-11-28(37)20-9-14-3-6-19(32)23-21(14)27(28,24(38-23)22(17)33)7-8-31(20)12-13-1-2-13/h3-6,10,13,17,20,24,32,37H,1-2,7-9,11-12H2,(H,30,34)(H,35,36)/t17?,20-,24+,27+,28-/m1/s1. The molecule has 2 saturated carbocycles. The number of Topliss-reactive ketones (excluding diaryl/α,β-unsaturated/α-hetero) is 1. The van der Waals surface area contributed by atoms with E-state index in [0.717, 1.165) is 24.9 Å². The third kappa shape index (κ3) is 3.09. The number of ether oxygens (including phenoxy) is 1. The third-order valence-electron chi connectivity index (χ3n) is 9.42. The molecule has 1 unspecified atom stereocenters. The summed E-state index contributed by atoms with van der Waals surface area (Å²) in [7, 11) is 0. The molecule has 3 aliphatic carbocycles. The number of carbonyl (C=O) groups is 3. The molecule has 9 nitrogen and oxygen atoms in total. The number of nitrogens with zero attached hydrogens (tertiary/aromatic N) is 1. The van der Waals surface area contributed by atoms with Gasteiger partial charge in [-0.2, -0.15) is 0 Å². The number of carboxylic acid groups (broad SMARTS) is 1. The van der Waals surface area contributed by atoms with Crippen molar-refractivity contribution in [3.63, 3.8) is 0 Å². The van der Waals surface area contributed by atoms with Crippen molar-refractivity contribution in [2.24, 2.45) is 11.8 Å². The number of phenolic OH excluding ortho intramolecular Hbond substituents is 1. The Hall–Kier alpha value is -3.14. The minimum atomic E-state index is -1.46. The zero-order valence-corrected chi connectivity index (χ0v) is 21.2. The summed E-state index contributed by atoms with van der Waals surface area (Å²) in [5.74, 6) is -3.00. The van der Waals surface area contributed by atoms with Gasteiger partial charge >= 0.3 is 5.97 Å². The summed E-state index contributed by atoms with van der Waals surface area (Å²) < 4.78 is 6.15. The van der Waals surface area contributed by atoms with Crippen LogP contribution < -0.4 is 10.1 Å². The van der Waals surface area contributed by atoms with E-state index in [-0.39, 0.29) is 40.2 Å². The average Bonchev–Trinajstić information content (AvgIpc) is 3.62. The van der Waals surface area contributed by atoms with Crippen molar-refractivity contribution in [3.8, 4) is 11.5 Å². The lowest BCUT2D eigenvalue weighted by molar-refractivity contribution is -0.197. The number of piperidine rings is 1. The molecule has 2 bridgehead atoms. The number of phenols is 1. The minimum absolute atomic E-state index is 0.0155. The fourth-order valence-corrected chi connectivity index (χ4v) is 7.72. The highest BCUT2D eigenvalue weighted by atomic mass is 35.5. The Bertz CT molecular complexity index is 1420.